The van der Waals surface area contributed by atoms with Gasteiger partial charge in [0.1, 0.15) is 0 Å². The molecule has 1 aromatic heterocycles. The lowest BCUT2D eigenvalue weighted by Crippen LogP contribution is -2.30. The Labute approximate surface area is 138 Å². The fraction of sp³-hybridized carbons (Fsp3) is 0.375. The highest BCUT2D eigenvalue weighted by Gasteiger charge is 2.32. The zero-order valence-corrected chi connectivity index (χ0v) is 14.6. The first-order chi connectivity index (χ1) is 9.37. The van der Waals surface area contributed by atoms with Gasteiger partial charge in [0.25, 0.3) is 0 Å². The molecule has 3 rings (SSSR count). The minimum atomic E-state index is 0.139. The molecule has 106 valence electrons. The van der Waals surface area contributed by atoms with E-state index in [-0.39, 0.29) is 11.5 Å². The van der Waals surface area contributed by atoms with Crippen molar-refractivity contribution < 1.29 is 0 Å². The van der Waals surface area contributed by atoms with E-state index in [0.29, 0.717) is 0 Å². The molecule has 0 spiro atoms. The average molecular weight is 401 g/mol. The van der Waals surface area contributed by atoms with Gasteiger partial charge in [-0.25, -0.2) is 0 Å². The predicted octanol–water partition coefficient (Wildman–Crippen LogP) is 4.71. The van der Waals surface area contributed by atoms with Gasteiger partial charge in [-0.05, 0) is 70.7 Å². The molecule has 0 radical (unpaired) electrons. The third-order valence-electron chi connectivity index (χ3n) is 4.01. The van der Waals surface area contributed by atoms with Gasteiger partial charge in [0.2, 0.25) is 0 Å². The van der Waals surface area contributed by atoms with Crippen LogP contribution in [0.5, 0.6) is 0 Å². The van der Waals surface area contributed by atoms with E-state index in [1.807, 2.05) is 12.1 Å². The minimum Gasteiger partial charge on any atom is -0.324 e. The van der Waals surface area contributed by atoms with Crippen molar-refractivity contribution in [3.8, 4) is 5.69 Å². The van der Waals surface area contributed by atoms with Gasteiger partial charge in [0, 0.05) is 26.5 Å². The number of rotatable bonds is 1. The zero-order valence-electron chi connectivity index (χ0n) is 11.7. The molecule has 2 aromatic rings. The van der Waals surface area contributed by atoms with Crippen molar-refractivity contribution in [3.05, 3.63) is 50.3 Å². The molecule has 0 amide bonds. The molecule has 1 unspecified atom stereocenters. The van der Waals surface area contributed by atoms with Crippen LogP contribution in [0.2, 0.25) is 5.02 Å². The summed E-state index contributed by atoms with van der Waals surface area (Å²) < 4.78 is 3.43. The first-order valence-corrected chi connectivity index (χ1v) is 8.24. The molecule has 2 N–H and O–H groups in total. The summed E-state index contributed by atoms with van der Waals surface area (Å²) in [4.78, 5) is 0. The molecule has 0 bridgehead atoms. The van der Waals surface area contributed by atoms with Gasteiger partial charge in [0.15, 0.2) is 0 Å². The van der Waals surface area contributed by atoms with Crippen molar-refractivity contribution in [2.75, 3.05) is 0 Å². The molecule has 1 aliphatic carbocycles. The summed E-state index contributed by atoms with van der Waals surface area (Å²) in [5.41, 5.74) is 10.4. The van der Waals surface area contributed by atoms with Crippen LogP contribution in [0.15, 0.2) is 30.5 Å². The van der Waals surface area contributed by atoms with E-state index in [0.717, 1.165) is 21.4 Å². The highest BCUT2D eigenvalue weighted by molar-refractivity contribution is 14.1. The smallest absolute Gasteiger partial charge is 0.0586 e. The Bertz CT molecular complexity index is 660. The quantitative estimate of drug-likeness (QED) is 0.691. The molecule has 0 saturated heterocycles. The van der Waals surface area contributed by atoms with Crippen molar-refractivity contribution in [2.45, 2.75) is 32.7 Å². The summed E-state index contributed by atoms with van der Waals surface area (Å²) in [5.74, 6) is 0. The van der Waals surface area contributed by atoms with Gasteiger partial charge in [0.05, 0.1) is 5.69 Å². The lowest BCUT2D eigenvalue weighted by atomic mass is 9.74. The molecule has 1 aromatic carbocycles. The number of hydrogen-bond donors (Lipinski definition) is 1. The number of hydrogen-bond acceptors (Lipinski definition) is 1. The first-order valence-electron chi connectivity index (χ1n) is 6.78. The normalized spacial score (nSPS) is 20.8. The number of fused-ring (bicyclic) bond motifs is 1. The molecule has 4 heteroatoms. The Kier molecular flexibility index (Phi) is 3.63. The van der Waals surface area contributed by atoms with Crippen molar-refractivity contribution >= 4 is 34.2 Å². The summed E-state index contributed by atoms with van der Waals surface area (Å²) >= 11 is 8.40. The van der Waals surface area contributed by atoms with E-state index in [9.17, 15) is 0 Å². The van der Waals surface area contributed by atoms with Crippen molar-refractivity contribution in [3.63, 3.8) is 0 Å². The molecule has 0 aliphatic heterocycles. The van der Waals surface area contributed by atoms with Crippen molar-refractivity contribution in [2.24, 2.45) is 11.1 Å². The maximum absolute atomic E-state index is 6.34. The maximum Gasteiger partial charge on any atom is 0.0586 e. The molecule has 1 atom stereocenters. The van der Waals surface area contributed by atoms with Gasteiger partial charge in [-0.2, -0.15) is 0 Å². The Balaban J connectivity index is 2.13. The monoisotopic (exact) mass is 400 g/mol. The summed E-state index contributed by atoms with van der Waals surface area (Å²) in [6.45, 7) is 4.58. The van der Waals surface area contributed by atoms with Gasteiger partial charge < -0.3 is 10.3 Å². The fourth-order valence-electron chi connectivity index (χ4n) is 3.14. The van der Waals surface area contributed by atoms with Gasteiger partial charge in [-0.3, -0.25) is 0 Å². The van der Waals surface area contributed by atoms with Crippen LogP contribution in [0.25, 0.3) is 5.69 Å². The highest BCUT2D eigenvalue weighted by atomic mass is 127. The third-order valence-corrected chi connectivity index (χ3v) is 5.11. The van der Waals surface area contributed by atoms with Crippen LogP contribution in [-0.4, -0.2) is 4.57 Å². The van der Waals surface area contributed by atoms with Gasteiger partial charge in [-0.15, -0.1) is 0 Å². The number of halogens is 2. The Morgan fingerprint density at radius 2 is 2.10 bits per heavy atom. The topological polar surface area (TPSA) is 30.9 Å². The van der Waals surface area contributed by atoms with E-state index in [2.05, 4.69) is 59.3 Å². The lowest BCUT2D eigenvalue weighted by molar-refractivity contribution is 0.278. The number of nitrogens with two attached hydrogens (primary N) is 1. The second kappa shape index (κ2) is 5.04. The van der Waals surface area contributed by atoms with Gasteiger partial charge in [-0.1, -0.05) is 25.4 Å². The average Bonchev–Trinajstić information content (AvgIpc) is 2.71. The van der Waals surface area contributed by atoms with Crippen molar-refractivity contribution in [1.82, 2.24) is 4.57 Å². The second-order valence-corrected chi connectivity index (χ2v) is 7.93. The van der Waals surface area contributed by atoms with E-state index >= 15 is 0 Å². The predicted molar refractivity (Wildman–Crippen MR) is 92.5 cm³/mol. The van der Waals surface area contributed by atoms with Crippen LogP contribution < -0.4 is 5.73 Å². The largest absolute Gasteiger partial charge is 0.324 e. The minimum absolute atomic E-state index is 0.139. The third kappa shape index (κ3) is 2.51. The number of benzene rings is 1. The Morgan fingerprint density at radius 3 is 2.80 bits per heavy atom. The molecule has 2 nitrogen and oxygen atoms in total. The molecular formula is C16H18ClIN2. The van der Waals surface area contributed by atoms with Crippen LogP contribution in [-0.2, 0) is 6.42 Å². The van der Waals surface area contributed by atoms with Crippen LogP contribution in [0, 0.1) is 8.99 Å². The first kappa shape index (κ1) is 14.4. The summed E-state index contributed by atoms with van der Waals surface area (Å²) in [7, 11) is 0. The zero-order chi connectivity index (χ0) is 14.5. The molecule has 20 heavy (non-hydrogen) atoms. The summed E-state index contributed by atoms with van der Waals surface area (Å²) in [6.07, 6.45) is 4.24. The van der Waals surface area contributed by atoms with E-state index < -0.39 is 0 Å². The maximum atomic E-state index is 6.34. The fourth-order valence-corrected chi connectivity index (χ4v) is 4.27. The van der Waals surface area contributed by atoms with E-state index in [1.165, 1.54) is 16.9 Å². The number of nitrogens with zero attached hydrogens (tertiary/aromatic N) is 1. The van der Waals surface area contributed by atoms with Crippen molar-refractivity contribution in [1.29, 1.82) is 0 Å². The Morgan fingerprint density at radius 1 is 1.35 bits per heavy atom. The van der Waals surface area contributed by atoms with Crippen LogP contribution in [0.1, 0.15) is 37.6 Å². The van der Waals surface area contributed by atoms with E-state index in [1.54, 1.807) is 0 Å². The van der Waals surface area contributed by atoms with E-state index in [4.69, 9.17) is 17.3 Å². The summed E-state index contributed by atoms with van der Waals surface area (Å²) in [6, 6.07) is 8.33. The van der Waals surface area contributed by atoms with Gasteiger partial charge >= 0.3 is 0 Å². The lowest BCUT2D eigenvalue weighted by Gasteiger charge is -2.34. The molecule has 0 fully saturated rings. The molecule has 1 aliphatic rings. The standard InChI is InChI=1S/C16H18ClIN2/c1-16(2)8-13(19)11-5-6-20(15(11)9-16)14-4-3-10(17)7-12(14)18/h3-7,13H,8-9,19H2,1-2H3. The van der Waals surface area contributed by atoms with Crippen LogP contribution in [0.4, 0.5) is 0 Å². The Hall–Kier alpha value is -0.520. The SMILES string of the molecule is CC1(C)Cc2c(ccn2-c2ccc(Cl)cc2I)C(N)C1. The summed E-state index contributed by atoms with van der Waals surface area (Å²) in [5, 5.41) is 0.774. The number of aromatic nitrogens is 1. The van der Waals surface area contributed by atoms with Crippen LogP contribution in [0.3, 0.4) is 0 Å². The highest BCUT2D eigenvalue weighted by Crippen LogP contribution is 2.41. The molecule has 0 saturated carbocycles. The second-order valence-electron chi connectivity index (χ2n) is 6.34. The molecule has 1 heterocycles. The van der Waals surface area contributed by atoms with Crippen LogP contribution >= 0.6 is 34.2 Å². The molecular weight excluding hydrogens is 383 g/mol.